The van der Waals surface area contributed by atoms with Gasteiger partial charge >= 0.3 is 6.03 Å². The Morgan fingerprint density at radius 3 is 2.59 bits per heavy atom. The minimum atomic E-state index is -0.465. The minimum Gasteiger partial charge on any atom is -0.346 e. The Labute approximate surface area is 172 Å². The van der Waals surface area contributed by atoms with Crippen LogP contribution in [-0.4, -0.2) is 65.8 Å². The van der Waals surface area contributed by atoms with Gasteiger partial charge in [0.15, 0.2) is 0 Å². The molecule has 0 saturated heterocycles. The minimum absolute atomic E-state index is 0.0117. The summed E-state index contributed by atoms with van der Waals surface area (Å²) < 4.78 is 0. The van der Waals surface area contributed by atoms with Crippen molar-refractivity contribution in [3.63, 3.8) is 0 Å². The van der Waals surface area contributed by atoms with E-state index in [-0.39, 0.29) is 24.3 Å². The molecule has 0 aromatic heterocycles. The number of likely N-dealkylation sites (N-methyl/N-ethyl adjacent to an activating group) is 1. The zero-order chi connectivity index (χ0) is 21.3. The molecule has 0 radical (unpaired) electrons. The van der Waals surface area contributed by atoms with E-state index in [1.807, 2.05) is 39.8 Å². The van der Waals surface area contributed by atoms with E-state index in [1.54, 1.807) is 21.7 Å². The van der Waals surface area contributed by atoms with Crippen molar-refractivity contribution >= 4 is 17.8 Å². The lowest BCUT2D eigenvalue weighted by Gasteiger charge is -2.33. The van der Waals surface area contributed by atoms with Gasteiger partial charge in [0.05, 0.1) is 23.9 Å². The maximum absolute atomic E-state index is 13.3. The van der Waals surface area contributed by atoms with Crippen molar-refractivity contribution < 1.29 is 14.4 Å². The van der Waals surface area contributed by atoms with E-state index < -0.39 is 6.04 Å². The smallest absolute Gasteiger partial charge is 0.322 e. The van der Waals surface area contributed by atoms with Crippen LogP contribution in [0.2, 0.25) is 0 Å². The number of benzene rings is 1. The highest BCUT2D eigenvalue weighted by Gasteiger charge is 2.43. The third kappa shape index (κ3) is 3.86. The van der Waals surface area contributed by atoms with E-state index in [9.17, 15) is 14.4 Å². The van der Waals surface area contributed by atoms with E-state index in [0.29, 0.717) is 31.8 Å². The van der Waals surface area contributed by atoms with Crippen LogP contribution in [0, 0.1) is 13.8 Å². The van der Waals surface area contributed by atoms with Gasteiger partial charge in [-0.2, -0.15) is 0 Å². The number of nitrogens with one attached hydrogen (secondary N) is 1. The van der Waals surface area contributed by atoms with Crippen LogP contribution in [0.25, 0.3) is 0 Å². The summed E-state index contributed by atoms with van der Waals surface area (Å²) in [6, 6.07) is 5.39. The van der Waals surface area contributed by atoms with Crippen LogP contribution < -0.4 is 5.32 Å². The summed E-state index contributed by atoms with van der Waals surface area (Å²) in [6.07, 6.45) is 0.276. The second-order valence-corrected chi connectivity index (χ2v) is 7.73. The molecule has 1 aromatic carbocycles. The molecule has 2 aliphatic heterocycles. The molecule has 1 atom stereocenters. The topological polar surface area (TPSA) is 73.0 Å². The molecular weight excluding hydrogens is 368 g/mol. The molecule has 2 aliphatic rings. The van der Waals surface area contributed by atoms with Gasteiger partial charge in [-0.1, -0.05) is 23.8 Å². The maximum Gasteiger partial charge on any atom is 0.322 e. The number of nitrogens with zero attached hydrogens (tertiary/aromatic N) is 3. The van der Waals surface area contributed by atoms with Gasteiger partial charge in [-0.3, -0.25) is 14.5 Å². The monoisotopic (exact) mass is 398 g/mol. The predicted octanol–water partition coefficient (Wildman–Crippen LogP) is 2.35. The molecule has 1 aromatic rings. The third-order valence-corrected chi connectivity index (χ3v) is 5.84. The van der Waals surface area contributed by atoms with Crippen molar-refractivity contribution in [1.29, 1.82) is 0 Å². The fraction of sp³-hybridized carbons (Fsp3) is 0.500. The lowest BCUT2D eigenvalue weighted by molar-refractivity contribution is -0.131. The van der Waals surface area contributed by atoms with E-state index >= 15 is 0 Å². The number of urea groups is 1. The molecule has 1 N–H and O–H groups in total. The quantitative estimate of drug-likeness (QED) is 0.800. The second kappa shape index (κ2) is 8.27. The third-order valence-electron chi connectivity index (χ3n) is 5.84. The highest BCUT2D eigenvalue weighted by atomic mass is 16.2. The van der Waals surface area contributed by atoms with Crippen LogP contribution in [0.5, 0.6) is 0 Å². The van der Waals surface area contributed by atoms with Crippen molar-refractivity contribution in [3.8, 4) is 0 Å². The van der Waals surface area contributed by atoms with Gasteiger partial charge in [0.1, 0.15) is 0 Å². The summed E-state index contributed by atoms with van der Waals surface area (Å²) in [5, 5.41) is 3.02. The van der Waals surface area contributed by atoms with Crippen molar-refractivity contribution in [2.24, 2.45) is 0 Å². The number of carbonyl (C=O) groups is 3. The molecule has 0 saturated carbocycles. The van der Waals surface area contributed by atoms with Crippen LogP contribution in [0.4, 0.5) is 4.79 Å². The molecular formula is C22H30N4O3. The SMILES string of the molecule is CCN(C)C(=O)CCN1CC2=C(C1=O)[C@H](c1ccc(C)cc1C)NC(=O)N2CC. The molecule has 156 valence electrons. The zero-order valence-corrected chi connectivity index (χ0v) is 17.9. The lowest BCUT2D eigenvalue weighted by Crippen LogP contribution is -2.47. The fourth-order valence-electron chi connectivity index (χ4n) is 4.04. The van der Waals surface area contributed by atoms with Crippen molar-refractivity contribution in [2.75, 3.05) is 33.2 Å². The van der Waals surface area contributed by atoms with Gasteiger partial charge < -0.3 is 15.1 Å². The number of carbonyl (C=O) groups excluding carboxylic acids is 3. The molecule has 0 aliphatic carbocycles. The molecule has 0 fully saturated rings. The Bertz CT molecular complexity index is 877. The Kier molecular flexibility index (Phi) is 5.96. The summed E-state index contributed by atoms with van der Waals surface area (Å²) >= 11 is 0. The summed E-state index contributed by atoms with van der Waals surface area (Å²) in [4.78, 5) is 43.2. The first-order valence-electron chi connectivity index (χ1n) is 10.2. The highest BCUT2D eigenvalue weighted by Crippen LogP contribution is 2.37. The van der Waals surface area contributed by atoms with E-state index in [4.69, 9.17) is 0 Å². The first-order valence-corrected chi connectivity index (χ1v) is 10.2. The first-order chi connectivity index (χ1) is 13.8. The molecule has 0 spiro atoms. The summed E-state index contributed by atoms with van der Waals surface area (Å²) in [5.41, 5.74) is 4.48. The van der Waals surface area contributed by atoms with Crippen LogP contribution >= 0.6 is 0 Å². The van der Waals surface area contributed by atoms with Gasteiger partial charge in [-0.15, -0.1) is 0 Å². The molecule has 7 nitrogen and oxygen atoms in total. The normalized spacial score (nSPS) is 18.9. The van der Waals surface area contributed by atoms with Gasteiger partial charge in [-0.05, 0) is 38.8 Å². The Morgan fingerprint density at radius 2 is 1.97 bits per heavy atom. The number of hydrogen-bond acceptors (Lipinski definition) is 3. The number of amides is 4. The average Bonchev–Trinajstić information content (AvgIpc) is 3.01. The Morgan fingerprint density at radius 1 is 1.24 bits per heavy atom. The highest BCUT2D eigenvalue weighted by molar-refractivity contribution is 6.01. The van der Waals surface area contributed by atoms with Crippen molar-refractivity contribution in [2.45, 2.75) is 40.2 Å². The fourth-order valence-corrected chi connectivity index (χ4v) is 4.04. The molecule has 29 heavy (non-hydrogen) atoms. The molecule has 4 amide bonds. The van der Waals surface area contributed by atoms with Gasteiger partial charge in [0, 0.05) is 33.1 Å². The molecule has 0 bridgehead atoms. The average molecular weight is 399 g/mol. The number of rotatable bonds is 6. The molecule has 0 unspecified atom stereocenters. The van der Waals surface area contributed by atoms with E-state index in [2.05, 4.69) is 11.4 Å². The molecule has 3 rings (SSSR count). The van der Waals surface area contributed by atoms with Crippen molar-refractivity contribution in [1.82, 2.24) is 20.0 Å². The van der Waals surface area contributed by atoms with Gasteiger partial charge in [0.2, 0.25) is 5.91 Å². The summed E-state index contributed by atoms with van der Waals surface area (Å²) in [7, 11) is 1.76. The predicted molar refractivity (Wildman–Crippen MR) is 111 cm³/mol. The Hall–Kier alpha value is -2.83. The second-order valence-electron chi connectivity index (χ2n) is 7.73. The van der Waals surface area contributed by atoms with Crippen molar-refractivity contribution in [3.05, 3.63) is 46.2 Å². The van der Waals surface area contributed by atoms with Crippen LogP contribution in [0.1, 0.15) is 43.0 Å². The lowest BCUT2D eigenvalue weighted by atomic mass is 9.91. The van der Waals surface area contributed by atoms with Crippen LogP contribution in [0.3, 0.4) is 0 Å². The first kappa shape index (κ1) is 20.9. The number of hydrogen-bond donors (Lipinski definition) is 1. The van der Waals surface area contributed by atoms with E-state index in [1.165, 1.54) is 0 Å². The van der Waals surface area contributed by atoms with Crippen LogP contribution in [0.15, 0.2) is 29.5 Å². The van der Waals surface area contributed by atoms with Gasteiger partial charge in [0.25, 0.3) is 5.91 Å². The van der Waals surface area contributed by atoms with Gasteiger partial charge in [-0.25, -0.2) is 4.79 Å². The van der Waals surface area contributed by atoms with Crippen LogP contribution in [-0.2, 0) is 9.59 Å². The molecule has 7 heteroatoms. The molecule has 2 heterocycles. The summed E-state index contributed by atoms with van der Waals surface area (Å²) in [5.74, 6) is -0.0898. The van der Waals surface area contributed by atoms with E-state index in [0.717, 1.165) is 22.4 Å². The standard InChI is InChI=1S/C22H30N4O3/c1-6-24(5)18(27)10-11-25-13-17-19(21(25)28)20(23-22(29)26(17)7-2)16-9-8-14(3)12-15(16)4/h8-9,12,20H,6-7,10-11,13H2,1-5H3,(H,23,29)/t20-/m0/s1. The Balaban J connectivity index is 1.90. The maximum atomic E-state index is 13.3. The largest absolute Gasteiger partial charge is 0.346 e. The number of aryl methyl sites for hydroxylation is 2. The summed E-state index contributed by atoms with van der Waals surface area (Å²) in [6.45, 7) is 9.67. The zero-order valence-electron chi connectivity index (χ0n) is 17.9.